The predicted molar refractivity (Wildman–Crippen MR) is 94.9 cm³/mol. The minimum absolute atomic E-state index is 1.07. The van der Waals surface area contributed by atoms with Crippen molar-refractivity contribution in [1.29, 1.82) is 0 Å². The van der Waals surface area contributed by atoms with E-state index in [4.69, 9.17) is 0 Å². The van der Waals surface area contributed by atoms with Gasteiger partial charge in [-0.15, -0.1) is 0 Å². The monoisotopic (exact) mass is 285 g/mol. The summed E-state index contributed by atoms with van der Waals surface area (Å²) >= 11 is 0. The molecule has 0 N–H and O–H groups in total. The van der Waals surface area contributed by atoms with E-state index in [1.165, 1.54) is 38.6 Å². The minimum atomic E-state index is 1.07. The molecule has 1 heteroatoms. The summed E-state index contributed by atoms with van der Waals surface area (Å²) in [7, 11) is 0. The van der Waals surface area contributed by atoms with Crippen LogP contribution in [0.15, 0.2) is 66.7 Å². The van der Waals surface area contributed by atoms with Crippen LogP contribution >= 0.6 is 0 Å². The van der Waals surface area contributed by atoms with Gasteiger partial charge in [0, 0.05) is 16.5 Å². The Balaban J connectivity index is 2.13. The Labute approximate surface area is 130 Å². The second-order valence-electron chi connectivity index (χ2n) is 5.83. The van der Waals surface area contributed by atoms with E-state index in [1.54, 1.807) is 0 Å². The average Bonchev–Trinajstić information content (AvgIpc) is 2.90. The van der Waals surface area contributed by atoms with E-state index >= 15 is 0 Å². The molecular formula is C21H19N. The number of fused-ring (bicyclic) bond motifs is 3. The maximum absolute atomic E-state index is 2.38. The van der Waals surface area contributed by atoms with Crippen molar-refractivity contribution in [2.24, 2.45) is 0 Å². The largest absolute Gasteiger partial charge is 0.309 e. The van der Waals surface area contributed by atoms with Gasteiger partial charge in [0.05, 0.1) is 11.0 Å². The van der Waals surface area contributed by atoms with Crippen LogP contribution in [-0.4, -0.2) is 4.57 Å². The molecule has 0 fully saturated rings. The highest BCUT2D eigenvalue weighted by atomic mass is 15.0. The summed E-state index contributed by atoms with van der Waals surface area (Å²) in [4.78, 5) is 0. The van der Waals surface area contributed by atoms with Crippen LogP contribution in [0.4, 0.5) is 0 Å². The van der Waals surface area contributed by atoms with Crippen LogP contribution in [0.25, 0.3) is 27.5 Å². The third kappa shape index (κ3) is 1.86. The van der Waals surface area contributed by atoms with Gasteiger partial charge in [-0.1, -0.05) is 49.4 Å². The van der Waals surface area contributed by atoms with Crippen molar-refractivity contribution in [2.75, 3.05) is 0 Å². The maximum Gasteiger partial charge on any atom is 0.0541 e. The smallest absolute Gasteiger partial charge is 0.0541 e. The summed E-state index contributed by atoms with van der Waals surface area (Å²) < 4.78 is 2.38. The SMILES string of the molecule is CCc1cc(-n2c3ccccc3c3ccccc32)ccc1C. The summed E-state index contributed by atoms with van der Waals surface area (Å²) in [5, 5.41) is 2.63. The lowest BCUT2D eigenvalue weighted by atomic mass is 10.1. The van der Waals surface area contributed by atoms with Crippen LogP contribution in [-0.2, 0) is 6.42 Å². The fourth-order valence-electron chi connectivity index (χ4n) is 3.38. The molecule has 108 valence electrons. The highest BCUT2D eigenvalue weighted by Crippen LogP contribution is 2.32. The van der Waals surface area contributed by atoms with Crippen molar-refractivity contribution >= 4 is 21.8 Å². The van der Waals surface area contributed by atoms with Gasteiger partial charge >= 0.3 is 0 Å². The molecule has 22 heavy (non-hydrogen) atoms. The molecule has 0 atom stereocenters. The topological polar surface area (TPSA) is 4.93 Å². The molecule has 0 amide bonds. The number of para-hydroxylation sites is 2. The van der Waals surface area contributed by atoms with Gasteiger partial charge in [-0.25, -0.2) is 0 Å². The van der Waals surface area contributed by atoms with E-state index in [2.05, 4.69) is 85.1 Å². The van der Waals surface area contributed by atoms with Crippen LogP contribution < -0.4 is 0 Å². The van der Waals surface area contributed by atoms with Crippen molar-refractivity contribution < 1.29 is 0 Å². The first-order chi connectivity index (χ1) is 10.8. The number of rotatable bonds is 2. The standard InChI is InChI=1S/C21H19N/c1-3-16-14-17(13-12-15(16)2)22-20-10-6-4-8-18(20)19-9-5-7-11-21(19)22/h4-14H,3H2,1-2H3. The van der Waals surface area contributed by atoms with E-state index in [-0.39, 0.29) is 0 Å². The van der Waals surface area contributed by atoms with Gasteiger partial charge in [-0.05, 0) is 48.7 Å². The Morgan fingerprint density at radius 3 is 1.95 bits per heavy atom. The maximum atomic E-state index is 2.38. The van der Waals surface area contributed by atoms with Crippen LogP contribution in [0.5, 0.6) is 0 Å². The number of aryl methyl sites for hydroxylation is 2. The lowest BCUT2D eigenvalue weighted by molar-refractivity contribution is 1.08. The van der Waals surface area contributed by atoms with E-state index in [0.29, 0.717) is 0 Å². The third-order valence-corrected chi connectivity index (χ3v) is 4.55. The van der Waals surface area contributed by atoms with E-state index < -0.39 is 0 Å². The molecule has 0 aliphatic carbocycles. The van der Waals surface area contributed by atoms with E-state index in [1.807, 2.05) is 0 Å². The van der Waals surface area contributed by atoms with Crippen molar-refractivity contribution in [3.63, 3.8) is 0 Å². The fraction of sp³-hybridized carbons (Fsp3) is 0.143. The average molecular weight is 285 g/mol. The second kappa shape index (κ2) is 5.03. The van der Waals surface area contributed by atoms with E-state index in [9.17, 15) is 0 Å². The molecule has 0 saturated carbocycles. The molecule has 0 aliphatic rings. The summed E-state index contributed by atoms with van der Waals surface area (Å²) in [6.45, 7) is 4.41. The molecule has 4 aromatic rings. The van der Waals surface area contributed by atoms with Gasteiger partial charge in [0.15, 0.2) is 0 Å². The molecule has 0 aliphatic heterocycles. The van der Waals surface area contributed by atoms with Crippen molar-refractivity contribution in [3.05, 3.63) is 77.9 Å². The molecule has 1 nitrogen and oxygen atoms in total. The number of hydrogen-bond acceptors (Lipinski definition) is 0. The van der Waals surface area contributed by atoms with Crippen LogP contribution in [0.3, 0.4) is 0 Å². The van der Waals surface area contributed by atoms with Crippen LogP contribution in [0, 0.1) is 6.92 Å². The van der Waals surface area contributed by atoms with Gasteiger partial charge in [0.1, 0.15) is 0 Å². The molecule has 0 spiro atoms. The molecule has 1 aromatic heterocycles. The first-order valence-corrected chi connectivity index (χ1v) is 7.87. The summed E-state index contributed by atoms with van der Waals surface area (Å²) in [6.07, 6.45) is 1.07. The zero-order chi connectivity index (χ0) is 15.1. The lowest BCUT2D eigenvalue weighted by Gasteiger charge is -2.11. The van der Waals surface area contributed by atoms with Gasteiger partial charge in [-0.3, -0.25) is 0 Å². The Morgan fingerprint density at radius 2 is 1.36 bits per heavy atom. The summed E-state index contributed by atoms with van der Waals surface area (Å²) in [5.41, 5.74) is 6.58. The molecule has 1 heterocycles. The lowest BCUT2D eigenvalue weighted by Crippen LogP contribution is -1.96. The second-order valence-corrected chi connectivity index (χ2v) is 5.83. The Morgan fingerprint density at radius 1 is 0.773 bits per heavy atom. The molecular weight excluding hydrogens is 266 g/mol. The molecule has 0 radical (unpaired) electrons. The Kier molecular flexibility index (Phi) is 3.00. The summed E-state index contributed by atoms with van der Waals surface area (Å²) in [6, 6.07) is 24.1. The van der Waals surface area contributed by atoms with Gasteiger partial charge < -0.3 is 4.57 Å². The van der Waals surface area contributed by atoms with Crippen molar-refractivity contribution in [3.8, 4) is 5.69 Å². The molecule has 0 bridgehead atoms. The molecule has 3 aromatic carbocycles. The Hall–Kier alpha value is -2.54. The van der Waals surface area contributed by atoms with E-state index in [0.717, 1.165) is 6.42 Å². The quantitative estimate of drug-likeness (QED) is 0.448. The number of aromatic nitrogens is 1. The Bertz CT molecular complexity index is 922. The molecule has 0 unspecified atom stereocenters. The highest BCUT2D eigenvalue weighted by Gasteiger charge is 2.11. The summed E-state index contributed by atoms with van der Waals surface area (Å²) in [5.74, 6) is 0. The number of benzene rings is 3. The van der Waals surface area contributed by atoms with Crippen LogP contribution in [0.2, 0.25) is 0 Å². The van der Waals surface area contributed by atoms with Gasteiger partial charge in [0.2, 0.25) is 0 Å². The molecule has 0 saturated heterocycles. The fourth-order valence-corrected chi connectivity index (χ4v) is 3.38. The van der Waals surface area contributed by atoms with Crippen molar-refractivity contribution in [2.45, 2.75) is 20.3 Å². The normalized spacial score (nSPS) is 11.4. The van der Waals surface area contributed by atoms with Crippen molar-refractivity contribution in [1.82, 2.24) is 4.57 Å². The first kappa shape index (κ1) is 13.1. The number of hydrogen-bond donors (Lipinski definition) is 0. The van der Waals surface area contributed by atoms with Crippen LogP contribution in [0.1, 0.15) is 18.1 Å². The highest BCUT2D eigenvalue weighted by molar-refractivity contribution is 6.09. The minimum Gasteiger partial charge on any atom is -0.309 e. The van der Waals surface area contributed by atoms with Gasteiger partial charge in [-0.2, -0.15) is 0 Å². The molecule has 4 rings (SSSR count). The zero-order valence-electron chi connectivity index (χ0n) is 13.0. The number of nitrogens with zero attached hydrogens (tertiary/aromatic N) is 1. The third-order valence-electron chi connectivity index (χ3n) is 4.55. The first-order valence-electron chi connectivity index (χ1n) is 7.87. The predicted octanol–water partition coefficient (Wildman–Crippen LogP) is 5.65. The van der Waals surface area contributed by atoms with Gasteiger partial charge in [0.25, 0.3) is 0 Å². The zero-order valence-corrected chi connectivity index (χ0v) is 13.0.